The molecule has 1 aliphatic rings. The average Bonchev–Trinajstić information content (AvgIpc) is 3.04. The summed E-state index contributed by atoms with van der Waals surface area (Å²) >= 11 is 0. The van der Waals surface area contributed by atoms with E-state index in [1.54, 1.807) is 55.6 Å². The molecule has 1 fully saturated rings. The normalized spacial score (nSPS) is 15.4. The maximum Gasteiger partial charge on any atom is 0.251 e. The quantitative estimate of drug-likeness (QED) is 0.732. The second-order valence-corrected chi connectivity index (χ2v) is 8.08. The Morgan fingerprint density at radius 1 is 1.15 bits per heavy atom. The number of nitrogens with zero attached hydrogens (tertiary/aromatic N) is 1. The number of carbonyl (C=O) groups is 1. The van der Waals surface area contributed by atoms with Crippen LogP contribution >= 0.6 is 0 Å². The first kappa shape index (κ1) is 19.0. The van der Waals surface area contributed by atoms with Crippen molar-refractivity contribution in [2.75, 3.05) is 36.9 Å². The minimum atomic E-state index is -3.27. The second kappa shape index (κ2) is 8.30. The van der Waals surface area contributed by atoms with Crippen LogP contribution in [0, 0.1) is 0 Å². The van der Waals surface area contributed by atoms with Crippen LogP contribution in [0.1, 0.15) is 16.8 Å². The molecule has 0 radical (unpaired) electrons. The number of nitrogens with one attached hydrogen (secondary N) is 1. The van der Waals surface area contributed by atoms with Crippen molar-refractivity contribution in [2.24, 2.45) is 0 Å². The van der Waals surface area contributed by atoms with Crippen LogP contribution in [-0.4, -0.2) is 46.9 Å². The molecule has 0 saturated carbocycles. The van der Waals surface area contributed by atoms with E-state index >= 15 is 0 Å². The van der Waals surface area contributed by atoms with Gasteiger partial charge in [-0.25, -0.2) is 8.42 Å². The van der Waals surface area contributed by atoms with Crippen LogP contribution in [0.2, 0.25) is 0 Å². The highest BCUT2D eigenvalue weighted by Crippen LogP contribution is 2.24. The van der Waals surface area contributed by atoms with Gasteiger partial charge in [0.05, 0.1) is 25.1 Å². The molecule has 1 aliphatic heterocycles. The van der Waals surface area contributed by atoms with E-state index < -0.39 is 10.0 Å². The molecular formula is C19H22N2O5S. The summed E-state index contributed by atoms with van der Waals surface area (Å²) in [5, 5.41) is 2.77. The Kier molecular flexibility index (Phi) is 5.85. The number of hydrogen-bond donors (Lipinski definition) is 1. The van der Waals surface area contributed by atoms with Gasteiger partial charge in [-0.1, -0.05) is 6.07 Å². The standard InChI is InChI=1S/C19H22N2O5S/c1-25-17-6-8-18(9-7-17)26-12-10-20-19(22)15-4-2-5-16(14-15)21-11-3-13-27(21,23)24/h2,4-9,14H,3,10-13H2,1H3,(H,20,22). The Balaban J connectivity index is 1.53. The van der Waals surface area contributed by atoms with Gasteiger partial charge in [-0.2, -0.15) is 0 Å². The molecule has 1 amide bonds. The molecule has 2 aromatic rings. The summed E-state index contributed by atoms with van der Waals surface area (Å²) in [6, 6.07) is 13.8. The summed E-state index contributed by atoms with van der Waals surface area (Å²) < 4.78 is 36.1. The number of rotatable bonds is 7. The van der Waals surface area contributed by atoms with Gasteiger partial charge in [-0.05, 0) is 48.9 Å². The minimum Gasteiger partial charge on any atom is -0.497 e. The number of sulfonamides is 1. The van der Waals surface area contributed by atoms with E-state index in [9.17, 15) is 13.2 Å². The summed E-state index contributed by atoms with van der Waals surface area (Å²) in [6.45, 7) is 1.10. The summed E-state index contributed by atoms with van der Waals surface area (Å²) in [7, 11) is -1.67. The van der Waals surface area contributed by atoms with Crippen molar-refractivity contribution in [1.82, 2.24) is 5.32 Å². The van der Waals surface area contributed by atoms with Gasteiger partial charge in [0.2, 0.25) is 10.0 Å². The van der Waals surface area contributed by atoms with Crippen LogP contribution in [0.4, 0.5) is 5.69 Å². The molecule has 0 bridgehead atoms. The van der Waals surface area contributed by atoms with Gasteiger partial charge in [0.25, 0.3) is 5.91 Å². The van der Waals surface area contributed by atoms with E-state index in [0.29, 0.717) is 43.1 Å². The first-order chi connectivity index (χ1) is 13.0. The lowest BCUT2D eigenvalue weighted by atomic mass is 10.2. The fourth-order valence-electron chi connectivity index (χ4n) is 2.84. The van der Waals surface area contributed by atoms with Crippen LogP contribution in [0.3, 0.4) is 0 Å². The zero-order valence-electron chi connectivity index (χ0n) is 15.1. The van der Waals surface area contributed by atoms with Crippen LogP contribution < -0.4 is 19.1 Å². The van der Waals surface area contributed by atoms with Crippen LogP contribution in [0.15, 0.2) is 48.5 Å². The Labute approximate surface area is 158 Å². The van der Waals surface area contributed by atoms with Gasteiger partial charge in [-0.3, -0.25) is 9.10 Å². The first-order valence-corrected chi connectivity index (χ1v) is 10.3. The molecule has 8 heteroatoms. The van der Waals surface area contributed by atoms with Gasteiger partial charge >= 0.3 is 0 Å². The number of methoxy groups -OCH3 is 1. The van der Waals surface area contributed by atoms with E-state index in [-0.39, 0.29) is 11.7 Å². The monoisotopic (exact) mass is 390 g/mol. The third kappa shape index (κ3) is 4.71. The number of amides is 1. The van der Waals surface area contributed by atoms with E-state index in [4.69, 9.17) is 9.47 Å². The predicted molar refractivity (Wildman–Crippen MR) is 103 cm³/mol. The predicted octanol–water partition coefficient (Wildman–Crippen LogP) is 2.04. The molecule has 0 unspecified atom stereocenters. The fourth-order valence-corrected chi connectivity index (χ4v) is 4.40. The van der Waals surface area contributed by atoms with E-state index in [2.05, 4.69) is 5.32 Å². The smallest absolute Gasteiger partial charge is 0.251 e. The Morgan fingerprint density at radius 3 is 2.56 bits per heavy atom. The maximum absolute atomic E-state index is 12.3. The SMILES string of the molecule is COc1ccc(OCCNC(=O)c2cccc(N3CCCS3(=O)=O)c2)cc1. The number of anilines is 1. The molecule has 3 rings (SSSR count). The lowest BCUT2D eigenvalue weighted by Gasteiger charge is -2.17. The number of hydrogen-bond acceptors (Lipinski definition) is 5. The molecule has 0 aromatic heterocycles. The fraction of sp³-hybridized carbons (Fsp3) is 0.316. The minimum absolute atomic E-state index is 0.145. The summed E-state index contributed by atoms with van der Waals surface area (Å²) in [4.78, 5) is 12.3. The molecule has 0 spiro atoms. The Bertz CT molecular complexity index is 897. The van der Waals surface area contributed by atoms with Gasteiger partial charge in [0.1, 0.15) is 18.1 Å². The van der Waals surface area contributed by atoms with Crippen molar-refractivity contribution in [3.05, 3.63) is 54.1 Å². The van der Waals surface area contributed by atoms with Crippen molar-refractivity contribution in [2.45, 2.75) is 6.42 Å². The largest absolute Gasteiger partial charge is 0.497 e. The van der Waals surface area contributed by atoms with Crippen molar-refractivity contribution >= 4 is 21.6 Å². The van der Waals surface area contributed by atoms with Crippen LogP contribution in [-0.2, 0) is 10.0 Å². The zero-order chi connectivity index (χ0) is 19.3. The number of benzene rings is 2. The number of ether oxygens (including phenoxy) is 2. The molecule has 1 heterocycles. The molecule has 0 atom stereocenters. The molecule has 27 heavy (non-hydrogen) atoms. The highest BCUT2D eigenvalue weighted by atomic mass is 32.2. The molecule has 1 N–H and O–H groups in total. The van der Waals surface area contributed by atoms with Gasteiger partial charge < -0.3 is 14.8 Å². The van der Waals surface area contributed by atoms with Gasteiger partial charge in [0, 0.05) is 12.1 Å². The lowest BCUT2D eigenvalue weighted by molar-refractivity contribution is 0.0947. The first-order valence-electron chi connectivity index (χ1n) is 8.65. The Hall–Kier alpha value is -2.74. The van der Waals surface area contributed by atoms with Crippen molar-refractivity contribution in [3.8, 4) is 11.5 Å². The van der Waals surface area contributed by atoms with Crippen LogP contribution in [0.25, 0.3) is 0 Å². The van der Waals surface area contributed by atoms with Crippen LogP contribution in [0.5, 0.6) is 11.5 Å². The molecule has 2 aromatic carbocycles. The topological polar surface area (TPSA) is 84.9 Å². The lowest BCUT2D eigenvalue weighted by Crippen LogP contribution is -2.29. The highest BCUT2D eigenvalue weighted by molar-refractivity contribution is 7.93. The molecular weight excluding hydrogens is 368 g/mol. The van der Waals surface area contributed by atoms with E-state index in [1.807, 2.05) is 0 Å². The average molecular weight is 390 g/mol. The summed E-state index contributed by atoms with van der Waals surface area (Å²) in [5.41, 5.74) is 0.939. The molecule has 1 saturated heterocycles. The third-order valence-corrected chi connectivity index (χ3v) is 6.08. The maximum atomic E-state index is 12.3. The zero-order valence-corrected chi connectivity index (χ0v) is 15.9. The summed E-state index contributed by atoms with van der Waals surface area (Å²) in [6.07, 6.45) is 0.599. The van der Waals surface area contributed by atoms with E-state index in [0.717, 1.165) is 5.75 Å². The Morgan fingerprint density at radius 2 is 1.89 bits per heavy atom. The molecule has 7 nitrogen and oxygen atoms in total. The van der Waals surface area contributed by atoms with E-state index in [1.165, 1.54) is 4.31 Å². The molecule has 144 valence electrons. The van der Waals surface area contributed by atoms with Crippen molar-refractivity contribution < 1.29 is 22.7 Å². The van der Waals surface area contributed by atoms with Gasteiger partial charge in [-0.15, -0.1) is 0 Å². The second-order valence-electron chi connectivity index (χ2n) is 6.07. The third-order valence-electron chi connectivity index (χ3n) is 4.21. The summed E-state index contributed by atoms with van der Waals surface area (Å²) in [5.74, 6) is 1.31. The molecule has 0 aliphatic carbocycles. The van der Waals surface area contributed by atoms with Crippen molar-refractivity contribution in [3.63, 3.8) is 0 Å². The van der Waals surface area contributed by atoms with Gasteiger partial charge in [0.15, 0.2) is 0 Å². The highest BCUT2D eigenvalue weighted by Gasteiger charge is 2.28. The number of carbonyl (C=O) groups excluding carboxylic acids is 1. The van der Waals surface area contributed by atoms with Crippen molar-refractivity contribution in [1.29, 1.82) is 0 Å².